The van der Waals surface area contributed by atoms with Gasteiger partial charge in [0.25, 0.3) is 0 Å². The highest BCUT2D eigenvalue weighted by atomic mass is 16.6. The minimum atomic E-state index is -0.406. The first-order chi connectivity index (χ1) is 20.1. The molecule has 0 amide bonds. The molecule has 0 aromatic rings. The van der Waals surface area contributed by atoms with Crippen LogP contribution >= 0.6 is 0 Å². The van der Waals surface area contributed by atoms with Crippen LogP contribution in [0.4, 0.5) is 0 Å². The summed E-state index contributed by atoms with van der Waals surface area (Å²) in [5.41, 5.74) is -0.406. The third-order valence-electron chi connectivity index (χ3n) is 16.7. The number of carbonyl (C=O) groups is 4. The highest BCUT2D eigenvalue weighted by Crippen LogP contribution is 2.75. The molecule has 10 aliphatic rings. The first-order valence-electron chi connectivity index (χ1n) is 17.6. The van der Waals surface area contributed by atoms with Crippen molar-refractivity contribution >= 4 is 23.9 Å². The molecule has 0 radical (unpaired) electrons. The summed E-state index contributed by atoms with van der Waals surface area (Å²) in [6.45, 7) is 9.79. The number of fused-ring (bicyclic) bond motifs is 19. The zero-order valence-electron chi connectivity index (χ0n) is 25.7. The van der Waals surface area contributed by atoms with E-state index >= 15 is 0 Å². The predicted octanol–water partition coefficient (Wildman–Crippen LogP) is 5.92. The molecule has 1 spiro atoms. The van der Waals surface area contributed by atoms with Gasteiger partial charge < -0.3 is 9.47 Å². The zero-order valence-corrected chi connectivity index (χ0v) is 25.7. The molecule has 2 saturated heterocycles. The molecule has 2 heterocycles. The summed E-state index contributed by atoms with van der Waals surface area (Å²) in [5.74, 6) is 13.0. The summed E-state index contributed by atoms with van der Waals surface area (Å²) in [5, 5.41) is 0. The lowest BCUT2D eigenvalue weighted by molar-refractivity contribution is -0.158. The molecule has 10 fully saturated rings. The summed E-state index contributed by atoms with van der Waals surface area (Å²) in [6, 6.07) is 0. The van der Waals surface area contributed by atoms with Crippen LogP contribution in [0, 0.1) is 112 Å². The number of ether oxygens (including phenoxy) is 2. The third-order valence-corrected chi connectivity index (χ3v) is 16.7. The van der Waals surface area contributed by atoms with E-state index in [4.69, 9.17) is 9.47 Å². The van der Waals surface area contributed by atoms with Gasteiger partial charge in [0, 0.05) is 0 Å². The quantitative estimate of drug-likeness (QED) is 0.231. The normalized spacial score (nSPS) is 60.4. The second-order valence-corrected chi connectivity index (χ2v) is 17.4. The summed E-state index contributed by atoms with van der Waals surface area (Å²) in [6.07, 6.45) is 9.31. The van der Waals surface area contributed by atoms with E-state index in [9.17, 15) is 19.2 Å². The molecule has 228 valence electrons. The zero-order chi connectivity index (χ0) is 29.0. The number of hydrogen-bond donors (Lipinski definition) is 0. The Balaban J connectivity index is 0.000000120. The van der Waals surface area contributed by atoms with Crippen LogP contribution < -0.4 is 0 Å². The van der Waals surface area contributed by atoms with Gasteiger partial charge in [-0.2, -0.15) is 0 Å². The molecule has 2 aliphatic heterocycles. The number of rotatable bonds is 2. The summed E-state index contributed by atoms with van der Waals surface area (Å²) >= 11 is 0. The van der Waals surface area contributed by atoms with E-state index in [0.717, 1.165) is 89.8 Å². The molecule has 6 heteroatoms. The molecule has 0 aromatic heterocycles. The van der Waals surface area contributed by atoms with Crippen LogP contribution in [0.15, 0.2) is 0 Å². The van der Waals surface area contributed by atoms with Crippen LogP contribution in [0.2, 0.25) is 0 Å². The Morgan fingerprint density at radius 2 is 1.26 bits per heavy atom. The first-order valence-corrected chi connectivity index (χ1v) is 17.6. The molecular weight excluding hydrogens is 528 g/mol. The average Bonchev–Trinajstić information content (AvgIpc) is 3.77. The molecule has 0 N–H and O–H groups in total. The van der Waals surface area contributed by atoms with Crippen LogP contribution in [0.3, 0.4) is 0 Å². The van der Waals surface area contributed by atoms with E-state index in [1.165, 1.54) is 32.1 Å². The maximum atomic E-state index is 12.3. The highest BCUT2D eigenvalue weighted by Gasteiger charge is 2.73. The molecule has 6 nitrogen and oxygen atoms in total. The molecule has 42 heavy (non-hydrogen) atoms. The molecular formula is C36H48O6. The molecule has 8 bridgehead atoms. The number of esters is 4. The van der Waals surface area contributed by atoms with Crippen LogP contribution in [0.5, 0.6) is 0 Å². The van der Waals surface area contributed by atoms with Crippen molar-refractivity contribution in [3.63, 3.8) is 0 Å². The summed E-state index contributed by atoms with van der Waals surface area (Å²) in [4.78, 5) is 47.0. The fraction of sp³-hybridized carbons (Fsp3) is 0.889. The van der Waals surface area contributed by atoms with E-state index in [-0.39, 0.29) is 29.8 Å². The van der Waals surface area contributed by atoms with Gasteiger partial charge in [0.1, 0.15) is 0 Å². The molecule has 8 saturated carbocycles. The summed E-state index contributed by atoms with van der Waals surface area (Å²) < 4.78 is 9.70. The van der Waals surface area contributed by atoms with Crippen molar-refractivity contribution in [3.05, 3.63) is 0 Å². The van der Waals surface area contributed by atoms with Crippen molar-refractivity contribution in [2.45, 2.75) is 85.5 Å². The Bertz CT molecular complexity index is 1260. The van der Waals surface area contributed by atoms with Gasteiger partial charge in [0.15, 0.2) is 0 Å². The van der Waals surface area contributed by atoms with Crippen LogP contribution in [0.1, 0.15) is 85.5 Å². The first kappa shape index (κ1) is 26.7. The van der Waals surface area contributed by atoms with E-state index in [0.29, 0.717) is 36.5 Å². The molecule has 8 aliphatic carbocycles. The lowest BCUT2D eigenvalue weighted by atomic mass is 9.57. The maximum absolute atomic E-state index is 12.3. The topological polar surface area (TPSA) is 86.7 Å². The van der Waals surface area contributed by atoms with Gasteiger partial charge in [-0.1, -0.05) is 27.7 Å². The van der Waals surface area contributed by atoms with Crippen LogP contribution in [-0.4, -0.2) is 23.9 Å². The van der Waals surface area contributed by atoms with Gasteiger partial charge in [-0.05, 0) is 146 Å². The average molecular weight is 577 g/mol. The molecule has 19 unspecified atom stereocenters. The van der Waals surface area contributed by atoms with Crippen molar-refractivity contribution in [2.24, 2.45) is 112 Å². The van der Waals surface area contributed by atoms with E-state index in [1.54, 1.807) is 0 Å². The Hall–Kier alpha value is -1.72. The lowest BCUT2D eigenvalue weighted by Crippen LogP contribution is -2.45. The second-order valence-electron chi connectivity index (χ2n) is 17.4. The Kier molecular flexibility index (Phi) is 5.53. The van der Waals surface area contributed by atoms with Gasteiger partial charge in [0.05, 0.1) is 24.2 Å². The monoisotopic (exact) mass is 576 g/mol. The standard InChI is InChI=1S/C19H26O3.C17H22O3/c1-8-9(2)14-7-13(8)17-11-3-10(15(5-11)18(14)17)4-12-6-16(20)22-19(12)21;1-7-8(2)11-4-10(7)14-9-3-12(15(11)14)17(5-9)6-13(18)20-16(17)19/h8-15,17-18H,3-7H2,1-2H3;7-12,14-15H,3-6H2,1-2H3. The fourth-order valence-corrected chi connectivity index (χ4v) is 15.1. The van der Waals surface area contributed by atoms with E-state index in [2.05, 4.69) is 27.7 Å². The van der Waals surface area contributed by atoms with Gasteiger partial charge in [0.2, 0.25) is 0 Å². The minimum absolute atomic E-state index is 0.134. The number of carbonyl (C=O) groups excluding carboxylic acids is 4. The maximum Gasteiger partial charge on any atom is 0.320 e. The fourth-order valence-electron chi connectivity index (χ4n) is 15.1. The largest absolute Gasteiger partial charge is 0.393 e. The van der Waals surface area contributed by atoms with Crippen molar-refractivity contribution < 1.29 is 28.7 Å². The van der Waals surface area contributed by atoms with Crippen LogP contribution in [0.25, 0.3) is 0 Å². The van der Waals surface area contributed by atoms with E-state index in [1.807, 2.05) is 0 Å². The molecule has 19 atom stereocenters. The van der Waals surface area contributed by atoms with Gasteiger partial charge in [-0.15, -0.1) is 0 Å². The molecule has 10 rings (SSSR count). The third kappa shape index (κ3) is 3.23. The minimum Gasteiger partial charge on any atom is -0.393 e. The summed E-state index contributed by atoms with van der Waals surface area (Å²) in [7, 11) is 0. The Morgan fingerprint density at radius 3 is 1.86 bits per heavy atom. The Labute approximate surface area is 249 Å². The predicted molar refractivity (Wildman–Crippen MR) is 152 cm³/mol. The SMILES string of the molecule is CC1C(C)C2CC1C1C3CC(C21)C1(CC(=O)OC1=O)C3.CC1C(C)C2CC1C1C3CC(CC4CC(=O)OC4=O)C(C3)C21. The number of hydrogen-bond acceptors (Lipinski definition) is 6. The highest BCUT2D eigenvalue weighted by molar-refractivity contribution is 5.98. The van der Waals surface area contributed by atoms with Crippen molar-refractivity contribution in [1.29, 1.82) is 0 Å². The van der Waals surface area contributed by atoms with Crippen LogP contribution in [-0.2, 0) is 28.7 Å². The Morgan fingerprint density at radius 1 is 0.643 bits per heavy atom. The van der Waals surface area contributed by atoms with Crippen molar-refractivity contribution in [1.82, 2.24) is 0 Å². The van der Waals surface area contributed by atoms with Gasteiger partial charge in [-0.25, -0.2) is 0 Å². The second kappa shape index (κ2) is 8.71. The van der Waals surface area contributed by atoms with Crippen molar-refractivity contribution in [2.75, 3.05) is 0 Å². The van der Waals surface area contributed by atoms with Crippen molar-refractivity contribution in [3.8, 4) is 0 Å². The smallest absolute Gasteiger partial charge is 0.320 e. The molecule has 0 aromatic carbocycles. The number of cyclic esters (lactones) is 4. The van der Waals surface area contributed by atoms with E-state index < -0.39 is 5.41 Å². The lowest BCUT2D eigenvalue weighted by Gasteiger charge is -2.45. The van der Waals surface area contributed by atoms with Gasteiger partial charge in [-0.3, -0.25) is 19.2 Å². The van der Waals surface area contributed by atoms with Gasteiger partial charge >= 0.3 is 23.9 Å².